The lowest BCUT2D eigenvalue weighted by atomic mass is 9.63. The zero-order valence-corrected chi connectivity index (χ0v) is 15.3. The average molecular weight is 366 g/mol. The van der Waals surface area contributed by atoms with Crippen molar-refractivity contribution in [1.82, 2.24) is 9.88 Å². The van der Waals surface area contributed by atoms with Crippen LogP contribution in [0.25, 0.3) is 11.8 Å². The molecular formula is C21H26N4O2. The molecule has 1 amide bonds. The predicted molar refractivity (Wildman–Crippen MR) is 108 cm³/mol. The normalized spacial score (nSPS) is 17.3. The standard InChI is InChI=1S/C12H13N3O.C9H13NO/c13-10(7-8-5-6-15-12(8)14)9-3-1-2-4-11(9)16;1-2-8(11)10-6-9(7-10)4-3-5-9/h1-7,15-16H,13-14H2;2H,1,3-7H2/b10-7-;. The Morgan fingerprint density at radius 1 is 1.26 bits per heavy atom. The molecule has 1 saturated carbocycles. The van der Waals surface area contributed by atoms with Gasteiger partial charge in [0.2, 0.25) is 5.91 Å². The zero-order chi connectivity index (χ0) is 19.4. The number of nitrogens with one attached hydrogen (secondary N) is 1. The molecule has 2 heterocycles. The highest BCUT2D eigenvalue weighted by Gasteiger charge is 2.48. The summed E-state index contributed by atoms with van der Waals surface area (Å²) in [4.78, 5) is 15.8. The molecule has 0 bridgehead atoms. The Hall–Kier alpha value is -3.15. The lowest BCUT2D eigenvalue weighted by molar-refractivity contribution is -0.144. The highest BCUT2D eigenvalue weighted by Crippen LogP contribution is 2.48. The number of aromatic nitrogens is 1. The van der Waals surface area contributed by atoms with E-state index in [0.29, 0.717) is 22.5 Å². The number of carbonyl (C=O) groups is 1. The van der Waals surface area contributed by atoms with E-state index in [4.69, 9.17) is 11.5 Å². The Kier molecular flexibility index (Phi) is 5.26. The molecule has 0 unspecified atom stereocenters. The van der Waals surface area contributed by atoms with Crippen molar-refractivity contribution in [3.63, 3.8) is 0 Å². The minimum atomic E-state index is 0.0996. The molecule has 4 rings (SSSR count). The number of hydrogen-bond donors (Lipinski definition) is 4. The van der Waals surface area contributed by atoms with E-state index in [1.807, 2.05) is 17.0 Å². The number of phenolic OH excluding ortho intramolecular Hbond substituents is 1. The van der Waals surface area contributed by atoms with Gasteiger partial charge in [-0.1, -0.05) is 25.1 Å². The molecule has 2 fully saturated rings. The number of para-hydroxylation sites is 1. The fourth-order valence-corrected chi connectivity index (χ4v) is 3.52. The van der Waals surface area contributed by atoms with E-state index in [-0.39, 0.29) is 11.7 Å². The van der Waals surface area contributed by atoms with Crippen LogP contribution < -0.4 is 11.5 Å². The van der Waals surface area contributed by atoms with E-state index in [1.54, 1.807) is 30.5 Å². The smallest absolute Gasteiger partial charge is 0.245 e. The van der Waals surface area contributed by atoms with E-state index in [0.717, 1.165) is 18.7 Å². The van der Waals surface area contributed by atoms with Crippen LogP contribution >= 0.6 is 0 Å². The summed E-state index contributed by atoms with van der Waals surface area (Å²) in [6.07, 6.45) is 8.88. The summed E-state index contributed by atoms with van der Waals surface area (Å²) in [5.74, 6) is 0.811. The van der Waals surface area contributed by atoms with Gasteiger partial charge < -0.3 is 26.5 Å². The Morgan fingerprint density at radius 2 is 1.96 bits per heavy atom. The van der Waals surface area contributed by atoms with Crippen molar-refractivity contribution in [2.45, 2.75) is 19.3 Å². The minimum absolute atomic E-state index is 0.0996. The predicted octanol–water partition coefficient (Wildman–Crippen LogP) is 2.94. The van der Waals surface area contributed by atoms with Crippen LogP contribution in [0.5, 0.6) is 5.75 Å². The van der Waals surface area contributed by atoms with Crippen LogP contribution in [0.1, 0.15) is 30.4 Å². The topological polar surface area (TPSA) is 108 Å². The van der Waals surface area contributed by atoms with Gasteiger partial charge >= 0.3 is 0 Å². The summed E-state index contributed by atoms with van der Waals surface area (Å²) < 4.78 is 0. The van der Waals surface area contributed by atoms with Crippen LogP contribution in [0, 0.1) is 5.41 Å². The third-order valence-electron chi connectivity index (χ3n) is 5.29. The van der Waals surface area contributed by atoms with Gasteiger partial charge in [0.15, 0.2) is 0 Å². The van der Waals surface area contributed by atoms with Gasteiger partial charge in [-0.3, -0.25) is 4.79 Å². The first-order chi connectivity index (χ1) is 12.9. The summed E-state index contributed by atoms with van der Waals surface area (Å²) in [5, 5.41) is 9.62. The molecule has 0 atom stereocenters. The number of rotatable bonds is 3. The summed E-state index contributed by atoms with van der Waals surface area (Å²) in [7, 11) is 0. The Labute approximate surface area is 159 Å². The summed E-state index contributed by atoms with van der Waals surface area (Å²) in [6, 6.07) is 8.73. The van der Waals surface area contributed by atoms with Crippen LogP contribution in [0.2, 0.25) is 0 Å². The molecule has 1 spiro atoms. The number of aromatic amines is 1. The molecule has 6 nitrogen and oxygen atoms in total. The average Bonchev–Trinajstić information content (AvgIpc) is 2.98. The van der Waals surface area contributed by atoms with Gasteiger partial charge in [0.05, 0.1) is 0 Å². The van der Waals surface area contributed by atoms with Crippen molar-refractivity contribution in [3.05, 3.63) is 60.3 Å². The number of phenols is 1. The second-order valence-corrected chi connectivity index (χ2v) is 7.22. The maximum atomic E-state index is 11.0. The monoisotopic (exact) mass is 366 g/mol. The van der Waals surface area contributed by atoms with Crippen molar-refractivity contribution >= 4 is 23.5 Å². The molecule has 1 aliphatic heterocycles. The van der Waals surface area contributed by atoms with Gasteiger partial charge in [-0.25, -0.2) is 0 Å². The first kappa shape index (κ1) is 18.6. The fourth-order valence-electron chi connectivity index (χ4n) is 3.52. The van der Waals surface area contributed by atoms with Crippen LogP contribution in [0.3, 0.4) is 0 Å². The Morgan fingerprint density at radius 3 is 2.48 bits per heavy atom. The SMILES string of the molecule is C=CC(=O)N1CC2(CCC2)C1.N/C(=C\c1cc[nH]c1N)c1ccccc1O. The van der Waals surface area contributed by atoms with Crippen molar-refractivity contribution in [2.75, 3.05) is 18.8 Å². The number of benzene rings is 1. The Bertz CT molecular complexity index is 857. The minimum Gasteiger partial charge on any atom is -0.507 e. The van der Waals surface area contributed by atoms with Gasteiger partial charge in [-0.05, 0) is 43.2 Å². The lowest BCUT2D eigenvalue weighted by Gasteiger charge is -2.55. The number of anilines is 1. The van der Waals surface area contributed by atoms with E-state index in [1.165, 1.54) is 25.3 Å². The fraction of sp³-hybridized carbons (Fsp3) is 0.286. The molecule has 2 aromatic rings. The third kappa shape index (κ3) is 4.00. The van der Waals surface area contributed by atoms with Gasteiger partial charge in [-0.2, -0.15) is 0 Å². The quantitative estimate of drug-likeness (QED) is 0.626. The first-order valence-electron chi connectivity index (χ1n) is 9.04. The molecule has 1 aliphatic carbocycles. The molecule has 2 aliphatic rings. The number of nitrogens with zero attached hydrogens (tertiary/aromatic N) is 1. The van der Waals surface area contributed by atoms with E-state index < -0.39 is 0 Å². The maximum absolute atomic E-state index is 11.0. The molecule has 1 saturated heterocycles. The van der Waals surface area contributed by atoms with E-state index in [9.17, 15) is 9.90 Å². The highest BCUT2D eigenvalue weighted by molar-refractivity contribution is 5.87. The van der Waals surface area contributed by atoms with Crippen molar-refractivity contribution < 1.29 is 9.90 Å². The van der Waals surface area contributed by atoms with Gasteiger partial charge in [0, 0.05) is 41.5 Å². The number of carbonyl (C=O) groups excluding carboxylic acids is 1. The molecule has 6 N–H and O–H groups in total. The lowest BCUT2D eigenvalue weighted by Crippen LogP contribution is -2.61. The van der Waals surface area contributed by atoms with Gasteiger partial charge in [0.1, 0.15) is 11.6 Å². The molecule has 1 aromatic carbocycles. The molecule has 142 valence electrons. The van der Waals surface area contributed by atoms with Gasteiger partial charge in [-0.15, -0.1) is 0 Å². The number of H-pyrrole nitrogens is 1. The van der Waals surface area contributed by atoms with Gasteiger partial charge in [0.25, 0.3) is 0 Å². The van der Waals surface area contributed by atoms with Crippen LogP contribution in [-0.2, 0) is 4.79 Å². The van der Waals surface area contributed by atoms with Crippen molar-refractivity contribution in [2.24, 2.45) is 11.1 Å². The molecule has 27 heavy (non-hydrogen) atoms. The number of nitrogen functional groups attached to an aromatic ring is 1. The second kappa shape index (κ2) is 7.61. The number of nitrogens with two attached hydrogens (primary N) is 2. The number of amides is 1. The molecular weight excluding hydrogens is 340 g/mol. The number of hydrogen-bond acceptors (Lipinski definition) is 4. The highest BCUT2D eigenvalue weighted by atomic mass is 16.3. The van der Waals surface area contributed by atoms with Crippen LogP contribution in [0.15, 0.2) is 49.2 Å². The van der Waals surface area contributed by atoms with Crippen LogP contribution in [0.4, 0.5) is 5.82 Å². The summed E-state index contributed by atoms with van der Waals surface area (Å²) in [5.41, 5.74) is 14.0. The molecule has 0 radical (unpaired) electrons. The second-order valence-electron chi connectivity index (χ2n) is 7.22. The summed E-state index contributed by atoms with van der Waals surface area (Å²) >= 11 is 0. The van der Waals surface area contributed by atoms with E-state index >= 15 is 0 Å². The number of likely N-dealkylation sites (tertiary alicyclic amines) is 1. The first-order valence-corrected chi connectivity index (χ1v) is 9.04. The summed E-state index contributed by atoms with van der Waals surface area (Å²) in [6.45, 7) is 5.43. The Balaban J connectivity index is 0.000000166. The number of aromatic hydroxyl groups is 1. The van der Waals surface area contributed by atoms with Crippen LogP contribution in [-0.4, -0.2) is 34.0 Å². The zero-order valence-electron chi connectivity index (χ0n) is 15.3. The maximum Gasteiger partial charge on any atom is 0.245 e. The van der Waals surface area contributed by atoms with Crippen molar-refractivity contribution in [3.8, 4) is 5.75 Å². The largest absolute Gasteiger partial charge is 0.507 e. The van der Waals surface area contributed by atoms with Crippen molar-refractivity contribution in [1.29, 1.82) is 0 Å². The third-order valence-corrected chi connectivity index (χ3v) is 5.29. The molecule has 6 heteroatoms. The van der Waals surface area contributed by atoms with E-state index in [2.05, 4.69) is 11.6 Å². The molecule has 1 aromatic heterocycles.